The van der Waals surface area contributed by atoms with Crippen LogP contribution in [0.5, 0.6) is 0 Å². The number of anilines is 2. The van der Waals surface area contributed by atoms with Crippen LogP contribution in [0.25, 0.3) is 0 Å². The molecular weight excluding hydrogens is 314 g/mol. The molecule has 0 fully saturated rings. The Morgan fingerprint density at radius 3 is 2.16 bits per heavy atom. The minimum atomic E-state index is -0.296. The van der Waals surface area contributed by atoms with E-state index >= 15 is 0 Å². The van der Waals surface area contributed by atoms with Gasteiger partial charge in [0.05, 0.1) is 0 Å². The average molecular weight is 337 g/mol. The van der Waals surface area contributed by atoms with Crippen molar-refractivity contribution in [1.29, 1.82) is 0 Å². The maximum atomic E-state index is 12.0. The molecule has 2 rings (SSSR count). The predicted molar refractivity (Wildman–Crippen MR) is 102 cm³/mol. The fraction of sp³-hybridized carbons (Fsp3) is 0.200. The van der Waals surface area contributed by atoms with E-state index in [-0.39, 0.29) is 11.9 Å². The Bertz CT molecular complexity index is 722. The SMILES string of the molecule is C=CCNC(=O)Nc1ccc(NC(=O)CCc2ccc(C)cc2)cc1. The van der Waals surface area contributed by atoms with E-state index in [1.54, 1.807) is 30.3 Å². The molecule has 3 amide bonds. The normalized spacial score (nSPS) is 9.96. The molecule has 5 nitrogen and oxygen atoms in total. The highest BCUT2D eigenvalue weighted by atomic mass is 16.2. The van der Waals surface area contributed by atoms with Crippen molar-refractivity contribution in [1.82, 2.24) is 5.32 Å². The van der Waals surface area contributed by atoms with E-state index in [4.69, 9.17) is 0 Å². The Morgan fingerprint density at radius 1 is 0.960 bits per heavy atom. The van der Waals surface area contributed by atoms with Gasteiger partial charge in [0, 0.05) is 24.3 Å². The largest absolute Gasteiger partial charge is 0.334 e. The first-order chi connectivity index (χ1) is 12.1. The van der Waals surface area contributed by atoms with E-state index in [0.717, 1.165) is 5.56 Å². The molecule has 2 aromatic rings. The molecule has 3 N–H and O–H groups in total. The molecule has 0 saturated carbocycles. The first-order valence-corrected chi connectivity index (χ1v) is 8.18. The van der Waals surface area contributed by atoms with Crippen LogP contribution in [0.2, 0.25) is 0 Å². The van der Waals surface area contributed by atoms with E-state index in [9.17, 15) is 9.59 Å². The molecule has 25 heavy (non-hydrogen) atoms. The third-order valence-electron chi connectivity index (χ3n) is 3.59. The van der Waals surface area contributed by atoms with Gasteiger partial charge in [0.2, 0.25) is 5.91 Å². The molecule has 0 heterocycles. The van der Waals surface area contributed by atoms with Gasteiger partial charge in [-0.15, -0.1) is 6.58 Å². The summed E-state index contributed by atoms with van der Waals surface area (Å²) in [6.45, 7) is 5.98. The van der Waals surface area contributed by atoms with E-state index < -0.39 is 0 Å². The summed E-state index contributed by atoms with van der Waals surface area (Å²) < 4.78 is 0. The zero-order chi connectivity index (χ0) is 18.1. The van der Waals surface area contributed by atoms with Gasteiger partial charge in [0.15, 0.2) is 0 Å². The number of benzene rings is 2. The lowest BCUT2D eigenvalue weighted by Gasteiger charge is -2.08. The van der Waals surface area contributed by atoms with Gasteiger partial charge < -0.3 is 16.0 Å². The van der Waals surface area contributed by atoms with Crippen LogP contribution in [-0.2, 0) is 11.2 Å². The summed E-state index contributed by atoms with van der Waals surface area (Å²) in [7, 11) is 0. The van der Waals surface area contributed by atoms with Gasteiger partial charge in [-0.25, -0.2) is 4.79 Å². The van der Waals surface area contributed by atoms with Crippen LogP contribution in [0, 0.1) is 6.92 Å². The van der Waals surface area contributed by atoms with Crippen molar-refractivity contribution in [2.24, 2.45) is 0 Å². The first kappa shape index (κ1) is 18.3. The number of rotatable bonds is 7. The van der Waals surface area contributed by atoms with Gasteiger partial charge in [-0.1, -0.05) is 35.9 Å². The summed E-state index contributed by atoms with van der Waals surface area (Å²) in [4.78, 5) is 23.6. The van der Waals surface area contributed by atoms with Gasteiger partial charge in [-0.05, 0) is 43.2 Å². The average Bonchev–Trinajstić information content (AvgIpc) is 2.61. The Kier molecular flexibility index (Phi) is 6.77. The number of amides is 3. The first-order valence-electron chi connectivity index (χ1n) is 8.18. The van der Waals surface area contributed by atoms with Crippen molar-refractivity contribution >= 4 is 23.3 Å². The predicted octanol–water partition coefficient (Wildman–Crippen LogP) is 3.87. The molecule has 0 atom stereocenters. The number of aryl methyl sites for hydroxylation is 2. The minimum Gasteiger partial charge on any atom is -0.334 e. The smallest absolute Gasteiger partial charge is 0.319 e. The van der Waals surface area contributed by atoms with E-state index in [0.29, 0.717) is 30.8 Å². The maximum Gasteiger partial charge on any atom is 0.319 e. The Balaban J connectivity index is 1.79. The highest BCUT2D eigenvalue weighted by molar-refractivity contribution is 5.92. The molecule has 0 unspecified atom stereocenters. The lowest BCUT2D eigenvalue weighted by atomic mass is 10.1. The topological polar surface area (TPSA) is 70.2 Å². The molecule has 0 bridgehead atoms. The minimum absolute atomic E-state index is 0.0370. The van der Waals surface area contributed by atoms with Crippen molar-refractivity contribution in [2.45, 2.75) is 19.8 Å². The zero-order valence-corrected chi connectivity index (χ0v) is 14.3. The summed E-state index contributed by atoms with van der Waals surface area (Å²) in [5.41, 5.74) is 3.70. The van der Waals surface area contributed by atoms with Crippen LogP contribution in [0.3, 0.4) is 0 Å². The lowest BCUT2D eigenvalue weighted by molar-refractivity contribution is -0.116. The molecule has 130 valence electrons. The summed E-state index contributed by atoms with van der Waals surface area (Å²) in [6, 6.07) is 14.9. The Hall–Kier alpha value is -3.08. The second-order valence-electron chi connectivity index (χ2n) is 5.73. The number of nitrogens with one attached hydrogen (secondary N) is 3. The molecule has 0 radical (unpaired) electrons. The lowest BCUT2D eigenvalue weighted by Crippen LogP contribution is -2.28. The van der Waals surface area contributed by atoms with Gasteiger partial charge in [-0.2, -0.15) is 0 Å². The standard InChI is InChI=1S/C20H23N3O2/c1-3-14-21-20(25)23-18-11-9-17(10-12-18)22-19(24)13-8-16-6-4-15(2)5-7-16/h3-7,9-12H,1,8,13-14H2,2H3,(H,22,24)(H2,21,23,25). The van der Waals surface area contributed by atoms with Gasteiger partial charge in [-0.3, -0.25) is 4.79 Å². The van der Waals surface area contributed by atoms with Crippen LogP contribution in [-0.4, -0.2) is 18.5 Å². The van der Waals surface area contributed by atoms with Crippen LogP contribution >= 0.6 is 0 Å². The molecule has 0 aliphatic carbocycles. The number of urea groups is 1. The van der Waals surface area contributed by atoms with Gasteiger partial charge >= 0.3 is 6.03 Å². The van der Waals surface area contributed by atoms with Crippen molar-refractivity contribution in [3.63, 3.8) is 0 Å². The van der Waals surface area contributed by atoms with E-state index in [2.05, 4.69) is 22.5 Å². The van der Waals surface area contributed by atoms with Crippen LogP contribution in [0.15, 0.2) is 61.2 Å². The summed E-state index contributed by atoms with van der Waals surface area (Å²) in [5, 5.41) is 8.18. The molecule has 0 aromatic heterocycles. The maximum absolute atomic E-state index is 12.0. The number of carbonyl (C=O) groups is 2. The van der Waals surface area contributed by atoms with Crippen LogP contribution in [0.4, 0.5) is 16.2 Å². The van der Waals surface area contributed by atoms with Crippen LogP contribution < -0.4 is 16.0 Å². The zero-order valence-electron chi connectivity index (χ0n) is 14.3. The van der Waals surface area contributed by atoms with E-state index in [1.807, 2.05) is 31.2 Å². The third kappa shape index (κ3) is 6.51. The molecule has 0 aliphatic heterocycles. The van der Waals surface area contributed by atoms with Crippen molar-refractivity contribution in [3.05, 3.63) is 72.3 Å². The van der Waals surface area contributed by atoms with Gasteiger partial charge in [0.1, 0.15) is 0 Å². The van der Waals surface area contributed by atoms with Crippen LogP contribution in [0.1, 0.15) is 17.5 Å². The molecular formula is C20H23N3O2. The van der Waals surface area contributed by atoms with E-state index in [1.165, 1.54) is 5.56 Å². The molecule has 2 aromatic carbocycles. The summed E-state index contributed by atoms with van der Waals surface area (Å²) in [5.74, 6) is -0.0370. The number of hydrogen-bond acceptors (Lipinski definition) is 2. The number of hydrogen-bond donors (Lipinski definition) is 3. The van der Waals surface area contributed by atoms with Crippen molar-refractivity contribution < 1.29 is 9.59 Å². The molecule has 0 saturated heterocycles. The Labute approximate surface area is 148 Å². The summed E-state index contributed by atoms with van der Waals surface area (Å²) >= 11 is 0. The summed E-state index contributed by atoms with van der Waals surface area (Å²) in [6.07, 6.45) is 2.73. The fourth-order valence-electron chi connectivity index (χ4n) is 2.21. The molecule has 5 heteroatoms. The Morgan fingerprint density at radius 2 is 1.56 bits per heavy atom. The van der Waals surface area contributed by atoms with Crippen molar-refractivity contribution in [3.8, 4) is 0 Å². The highest BCUT2D eigenvalue weighted by Crippen LogP contribution is 2.14. The quantitative estimate of drug-likeness (QED) is 0.671. The number of carbonyl (C=O) groups excluding carboxylic acids is 2. The molecule has 0 aliphatic rings. The second-order valence-corrected chi connectivity index (χ2v) is 5.73. The third-order valence-corrected chi connectivity index (χ3v) is 3.59. The molecule has 0 spiro atoms. The monoisotopic (exact) mass is 337 g/mol. The highest BCUT2D eigenvalue weighted by Gasteiger charge is 2.04. The second kappa shape index (κ2) is 9.27. The van der Waals surface area contributed by atoms with Crippen molar-refractivity contribution in [2.75, 3.05) is 17.2 Å². The van der Waals surface area contributed by atoms with Gasteiger partial charge in [0.25, 0.3) is 0 Å². The fourth-order valence-corrected chi connectivity index (χ4v) is 2.21.